The van der Waals surface area contributed by atoms with Crippen LogP contribution in [0.3, 0.4) is 0 Å². The summed E-state index contributed by atoms with van der Waals surface area (Å²) >= 11 is 1.67. The lowest BCUT2D eigenvalue weighted by atomic mass is 9.85. The van der Waals surface area contributed by atoms with Crippen LogP contribution in [0.25, 0.3) is 11.1 Å². The SMILES string of the molecule is C=C(SC)C(=C(/C)C(C)C)/C(=C(\C)c1ccc(F)cc1)c1ccccc1. The van der Waals surface area contributed by atoms with E-state index in [4.69, 9.17) is 0 Å². The minimum Gasteiger partial charge on any atom is -0.207 e. The monoisotopic (exact) mass is 366 g/mol. The molecule has 2 aromatic carbocycles. The maximum absolute atomic E-state index is 13.4. The van der Waals surface area contributed by atoms with Gasteiger partial charge in [-0.05, 0) is 66.0 Å². The molecule has 0 heterocycles. The number of rotatable bonds is 6. The largest absolute Gasteiger partial charge is 0.207 e. The number of thioether (sulfide) groups is 1. The van der Waals surface area contributed by atoms with Crippen molar-refractivity contribution in [3.05, 3.63) is 94.2 Å². The summed E-state index contributed by atoms with van der Waals surface area (Å²) in [5, 5.41) is 0. The molecule has 0 atom stereocenters. The first kappa shape index (κ1) is 20.3. The van der Waals surface area contributed by atoms with Crippen LogP contribution in [0.1, 0.15) is 38.8 Å². The molecular weight excluding hydrogens is 339 g/mol. The van der Waals surface area contributed by atoms with Crippen LogP contribution < -0.4 is 0 Å². The van der Waals surface area contributed by atoms with E-state index in [-0.39, 0.29) is 5.82 Å². The molecule has 0 bridgehead atoms. The first-order chi connectivity index (χ1) is 12.4. The van der Waals surface area contributed by atoms with E-state index in [1.807, 2.05) is 18.2 Å². The van der Waals surface area contributed by atoms with E-state index in [0.29, 0.717) is 5.92 Å². The Labute approximate surface area is 161 Å². The van der Waals surface area contributed by atoms with Gasteiger partial charge in [0.2, 0.25) is 0 Å². The zero-order valence-electron chi connectivity index (χ0n) is 16.3. The Hall–Kier alpha value is -2.06. The van der Waals surface area contributed by atoms with E-state index in [0.717, 1.165) is 21.6 Å². The minimum absolute atomic E-state index is 0.217. The van der Waals surface area contributed by atoms with E-state index in [1.165, 1.54) is 28.9 Å². The van der Waals surface area contributed by atoms with E-state index in [9.17, 15) is 4.39 Å². The Kier molecular flexibility index (Phi) is 7.05. The van der Waals surface area contributed by atoms with Gasteiger partial charge in [0.05, 0.1) is 0 Å². The molecule has 0 saturated heterocycles. The second-order valence-electron chi connectivity index (χ2n) is 6.71. The summed E-state index contributed by atoms with van der Waals surface area (Å²) in [6, 6.07) is 17.1. The quantitative estimate of drug-likeness (QED) is 0.374. The molecule has 2 rings (SSSR count). The normalized spacial score (nSPS) is 13.3. The molecule has 0 saturated carbocycles. The molecule has 0 fully saturated rings. The van der Waals surface area contributed by atoms with Crippen LogP contribution in [0.15, 0.2) is 77.2 Å². The van der Waals surface area contributed by atoms with Crippen molar-refractivity contribution in [2.75, 3.05) is 6.26 Å². The van der Waals surface area contributed by atoms with Crippen LogP contribution >= 0.6 is 11.8 Å². The highest BCUT2D eigenvalue weighted by Gasteiger charge is 2.19. The van der Waals surface area contributed by atoms with Gasteiger partial charge in [-0.25, -0.2) is 4.39 Å². The number of hydrogen-bond acceptors (Lipinski definition) is 1. The highest BCUT2D eigenvalue weighted by Crippen LogP contribution is 2.41. The van der Waals surface area contributed by atoms with Crippen LogP contribution in [-0.2, 0) is 0 Å². The lowest BCUT2D eigenvalue weighted by Crippen LogP contribution is -2.02. The maximum Gasteiger partial charge on any atom is 0.123 e. The fourth-order valence-corrected chi connectivity index (χ4v) is 3.41. The fourth-order valence-electron chi connectivity index (χ4n) is 2.94. The molecule has 2 heteroatoms. The molecular formula is C24H27FS. The lowest BCUT2D eigenvalue weighted by molar-refractivity contribution is 0.627. The summed E-state index contributed by atoms with van der Waals surface area (Å²) in [4.78, 5) is 1.05. The van der Waals surface area contributed by atoms with Crippen molar-refractivity contribution < 1.29 is 4.39 Å². The molecule has 0 radical (unpaired) electrons. The summed E-state index contributed by atoms with van der Waals surface area (Å²) < 4.78 is 13.4. The van der Waals surface area contributed by atoms with Crippen molar-refractivity contribution in [3.8, 4) is 0 Å². The van der Waals surface area contributed by atoms with Gasteiger partial charge in [-0.3, -0.25) is 0 Å². The summed E-state index contributed by atoms with van der Waals surface area (Å²) in [7, 11) is 0. The number of halogens is 1. The summed E-state index contributed by atoms with van der Waals surface area (Å²) in [5.41, 5.74) is 6.97. The van der Waals surface area contributed by atoms with Gasteiger partial charge in [0.1, 0.15) is 5.82 Å². The third-order valence-corrected chi connectivity index (χ3v) is 5.45. The van der Waals surface area contributed by atoms with Crippen molar-refractivity contribution in [3.63, 3.8) is 0 Å². The van der Waals surface area contributed by atoms with Gasteiger partial charge in [0, 0.05) is 4.91 Å². The number of allylic oxidation sites excluding steroid dienone is 4. The molecule has 0 aliphatic heterocycles. The van der Waals surface area contributed by atoms with Crippen LogP contribution in [0.5, 0.6) is 0 Å². The zero-order valence-corrected chi connectivity index (χ0v) is 17.1. The highest BCUT2D eigenvalue weighted by atomic mass is 32.2. The molecule has 26 heavy (non-hydrogen) atoms. The molecule has 0 nitrogen and oxygen atoms in total. The Morgan fingerprint density at radius 2 is 1.50 bits per heavy atom. The Morgan fingerprint density at radius 3 is 2.00 bits per heavy atom. The Bertz CT molecular complexity index is 824. The number of benzene rings is 2. The summed E-state index contributed by atoms with van der Waals surface area (Å²) in [6.45, 7) is 13.0. The predicted molar refractivity (Wildman–Crippen MR) is 116 cm³/mol. The third kappa shape index (κ3) is 4.56. The van der Waals surface area contributed by atoms with Gasteiger partial charge in [-0.2, -0.15) is 0 Å². The molecule has 0 amide bonds. The van der Waals surface area contributed by atoms with E-state index < -0.39 is 0 Å². The number of hydrogen-bond donors (Lipinski definition) is 0. The van der Waals surface area contributed by atoms with Crippen LogP contribution in [0.4, 0.5) is 4.39 Å². The van der Waals surface area contributed by atoms with Gasteiger partial charge >= 0.3 is 0 Å². The smallest absolute Gasteiger partial charge is 0.123 e. The van der Waals surface area contributed by atoms with Gasteiger partial charge < -0.3 is 0 Å². The van der Waals surface area contributed by atoms with Gasteiger partial charge in [-0.15, -0.1) is 11.8 Å². The van der Waals surface area contributed by atoms with Crippen LogP contribution in [0.2, 0.25) is 0 Å². The van der Waals surface area contributed by atoms with Crippen molar-refractivity contribution in [2.24, 2.45) is 5.92 Å². The van der Waals surface area contributed by atoms with E-state index in [2.05, 4.69) is 64.8 Å². The van der Waals surface area contributed by atoms with Crippen LogP contribution in [0, 0.1) is 11.7 Å². The minimum atomic E-state index is -0.217. The molecule has 0 aromatic heterocycles. The second kappa shape index (κ2) is 9.05. The van der Waals surface area contributed by atoms with Gasteiger partial charge in [0.15, 0.2) is 0 Å². The standard InChI is InChI=1S/C24H27FS/c1-16(2)17(3)23(19(5)26-6)24(21-10-8-7-9-11-21)18(4)20-12-14-22(25)15-13-20/h7-16H,5H2,1-4,6H3/b23-17+,24-18+. The summed E-state index contributed by atoms with van der Waals surface area (Å²) in [6.07, 6.45) is 2.06. The van der Waals surface area contributed by atoms with Crippen molar-refractivity contribution >= 4 is 22.9 Å². The molecule has 136 valence electrons. The third-order valence-electron chi connectivity index (χ3n) is 4.75. The first-order valence-electron chi connectivity index (χ1n) is 8.83. The Balaban J connectivity index is 2.83. The predicted octanol–water partition coefficient (Wildman–Crippen LogP) is 7.61. The molecule has 0 N–H and O–H groups in total. The lowest BCUT2D eigenvalue weighted by Gasteiger charge is -2.22. The molecule has 2 aromatic rings. The van der Waals surface area contributed by atoms with Crippen LogP contribution in [-0.4, -0.2) is 6.26 Å². The molecule has 0 unspecified atom stereocenters. The Morgan fingerprint density at radius 1 is 0.923 bits per heavy atom. The topological polar surface area (TPSA) is 0 Å². The van der Waals surface area contributed by atoms with Crippen molar-refractivity contribution in [2.45, 2.75) is 27.7 Å². The molecule has 0 aliphatic carbocycles. The van der Waals surface area contributed by atoms with E-state index >= 15 is 0 Å². The summed E-state index contributed by atoms with van der Waals surface area (Å²) in [5.74, 6) is 0.194. The first-order valence-corrected chi connectivity index (χ1v) is 10.1. The molecule has 0 spiro atoms. The zero-order chi connectivity index (χ0) is 19.3. The average Bonchev–Trinajstić information content (AvgIpc) is 2.65. The second-order valence-corrected chi connectivity index (χ2v) is 7.61. The fraction of sp³-hybridized carbons (Fsp3) is 0.250. The average molecular weight is 367 g/mol. The highest BCUT2D eigenvalue weighted by molar-refractivity contribution is 8.02. The van der Waals surface area contributed by atoms with Gasteiger partial charge in [0.25, 0.3) is 0 Å². The van der Waals surface area contributed by atoms with Crippen molar-refractivity contribution in [1.29, 1.82) is 0 Å². The molecule has 0 aliphatic rings. The van der Waals surface area contributed by atoms with Gasteiger partial charge in [-0.1, -0.05) is 68.5 Å². The maximum atomic E-state index is 13.4. The van der Waals surface area contributed by atoms with E-state index in [1.54, 1.807) is 11.8 Å². The van der Waals surface area contributed by atoms with Crippen molar-refractivity contribution in [1.82, 2.24) is 0 Å².